The third-order valence-electron chi connectivity index (χ3n) is 3.01. The molecule has 0 aliphatic heterocycles. The first-order valence-electron chi connectivity index (χ1n) is 6.35. The van der Waals surface area contributed by atoms with Gasteiger partial charge in [0.25, 0.3) is 0 Å². The summed E-state index contributed by atoms with van der Waals surface area (Å²) in [6.07, 6.45) is 0. The van der Waals surface area contributed by atoms with Gasteiger partial charge < -0.3 is 9.64 Å². The molecular weight excluding hydrogens is 302 g/mol. The number of ether oxygens (including phenoxy) is 1. The van der Waals surface area contributed by atoms with E-state index in [0.717, 1.165) is 12.1 Å². The predicted octanol–water partition coefficient (Wildman–Crippen LogP) is 1.13. The van der Waals surface area contributed by atoms with Crippen LogP contribution in [0.1, 0.15) is 11.6 Å². The molecule has 1 aromatic carbocycles. The van der Waals surface area contributed by atoms with E-state index in [0.29, 0.717) is 0 Å². The first kappa shape index (κ1) is 18.0. The van der Waals surface area contributed by atoms with Crippen LogP contribution < -0.4 is 4.72 Å². The number of hydrogen-bond acceptors (Lipinski definition) is 4. The van der Waals surface area contributed by atoms with E-state index in [-0.39, 0.29) is 24.5 Å². The van der Waals surface area contributed by atoms with Gasteiger partial charge in [-0.05, 0) is 26.2 Å². The lowest BCUT2D eigenvalue weighted by Gasteiger charge is -2.25. The third-order valence-corrected chi connectivity index (χ3v) is 4.32. The number of likely N-dealkylation sites (N-methyl/N-ethyl adjacent to an activating group) is 1. The Labute approximate surface area is 124 Å². The molecule has 0 aliphatic rings. The molecule has 1 rings (SSSR count). The number of halogens is 2. The fraction of sp³-hybridized carbons (Fsp3) is 0.538. The van der Waals surface area contributed by atoms with Crippen molar-refractivity contribution in [1.82, 2.24) is 9.62 Å². The molecule has 0 radical (unpaired) electrons. The van der Waals surface area contributed by atoms with Gasteiger partial charge in [-0.15, -0.1) is 0 Å². The average Bonchev–Trinajstić information content (AvgIpc) is 2.39. The SMILES string of the molecule is COCCS(=O)(=O)NC[C@@H](c1c(F)cccc1F)N(C)C. The largest absolute Gasteiger partial charge is 0.384 e. The Kier molecular flexibility index (Phi) is 6.66. The summed E-state index contributed by atoms with van der Waals surface area (Å²) in [6, 6.07) is 2.82. The molecule has 0 fully saturated rings. The van der Waals surface area contributed by atoms with Crippen LogP contribution in [-0.4, -0.2) is 53.4 Å². The van der Waals surface area contributed by atoms with E-state index in [4.69, 9.17) is 4.74 Å². The van der Waals surface area contributed by atoms with Crippen molar-refractivity contribution in [3.05, 3.63) is 35.4 Å². The predicted molar refractivity (Wildman–Crippen MR) is 76.5 cm³/mol. The first-order valence-corrected chi connectivity index (χ1v) is 8.00. The number of methoxy groups -OCH3 is 1. The van der Waals surface area contributed by atoms with E-state index in [2.05, 4.69) is 4.72 Å². The zero-order chi connectivity index (χ0) is 16.0. The molecule has 1 N–H and O–H groups in total. The maximum absolute atomic E-state index is 13.8. The molecule has 0 spiro atoms. The quantitative estimate of drug-likeness (QED) is 0.780. The molecule has 1 aromatic rings. The smallest absolute Gasteiger partial charge is 0.213 e. The maximum Gasteiger partial charge on any atom is 0.213 e. The topological polar surface area (TPSA) is 58.6 Å². The third kappa shape index (κ3) is 5.31. The number of hydrogen-bond donors (Lipinski definition) is 1. The average molecular weight is 322 g/mol. The van der Waals surface area contributed by atoms with Gasteiger partial charge >= 0.3 is 0 Å². The van der Waals surface area contributed by atoms with Crippen molar-refractivity contribution in [2.24, 2.45) is 0 Å². The van der Waals surface area contributed by atoms with Gasteiger partial charge in [0, 0.05) is 19.2 Å². The molecule has 0 unspecified atom stereocenters. The van der Waals surface area contributed by atoms with E-state index in [1.807, 2.05) is 0 Å². The highest BCUT2D eigenvalue weighted by molar-refractivity contribution is 7.89. The number of rotatable bonds is 8. The van der Waals surface area contributed by atoms with Crippen molar-refractivity contribution in [3.63, 3.8) is 0 Å². The zero-order valence-corrected chi connectivity index (χ0v) is 13.1. The van der Waals surface area contributed by atoms with Gasteiger partial charge in [-0.2, -0.15) is 0 Å². The van der Waals surface area contributed by atoms with Crippen molar-refractivity contribution in [3.8, 4) is 0 Å². The highest BCUT2D eigenvalue weighted by Gasteiger charge is 2.23. The maximum atomic E-state index is 13.8. The van der Waals surface area contributed by atoms with Gasteiger partial charge in [0.05, 0.1) is 18.4 Å². The van der Waals surface area contributed by atoms with Crippen molar-refractivity contribution < 1.29 is 21.9 Å². The molecule has 5 nitrogen and oxygen atoms in total. The normalized spacial score (nSPS) is 13.6. The fourth-order valence-electron chi connectivity index (χ4n) is 1.84. The van der Waals surface area contributed by atoms with Gasteiger partial charge in [0.2, 0.25) is 10.0 Å². The number of nitrogens with one attached hydrogen (secondary N) is 1. The number of sulfonamides is 1. The lowest BCUT2D eigenvalue weighted by molar-refractivity contribution is 0.216. The Morgan fingerprint density at radius 2 is 1.86 bits per heavy atom. The van der Waals surface area contributed by atoms with Crippen molar-refractivity contribution in [1.29, 1.82) is 0 Å². The number of nitrogens with zero attached hydrogens (tertiary/aromatic N) is 1. The summed E-state index contributed by atoms with van der Waals surface area (Å²) in [4.78, 5) is 1.56. The van der Waals surface area contributed by atoms with Crippen LogP contribution in [0.5, 0.6) is 0 Å². The molecule has 21 heavy (non-hydrogen) atoms. The molecule has 0 aromatic heterocycles. The van der Waals surface area contributed by atoms with Crippen LogP contribution >= 0.6 is 0 Å². The Balaban J connectivity index is 2.90. The van der Waals surface area contributed by atoms with Gasteiger partial charge in [-0.1, -0.05) is 6.07 Å². The van der Waals surface area contributed by atoms with Crippen LogP contribution in [0.25, 0.3) is 0 Å². The minimum Gasteiger partial charge on any atom is -0.384 e. The minimum absolute atomic E-state index is 0.0516. The summed E-state index contributed by atoms with van der Waals surface area (Å²) in [6.45, 7) is -0.0765. The first-order chi connectivity index (χ1) is 9.78. The molecule has 0 bridgehead atoms. The summed E-state index contributed by atoms with van der Waals surface area (Å²) >= 11 is 0. The Morgan fingerprint density at radius 3 is 2.33 bits per heavy atom. The van der Waals surface area contributed by atoms with Crippen LogP contribution in [0.3, 0.4) is 0 Å². The fourth-order valence-corrected chi connectivity index (χ4v) is 2.79. The summed E-state index contributed by atoms with van der Waals surface area (Å²) < 4.78 is 58.1. The Bertz CT molecular complexity index is 544. The van der Waals surface area contributed by atoms with Crippen LogP contribution in [0, 0.1) is 11.6 Å². The lowest BCUT2D eigenvalue weighted by Crippen LogP contribution is -2.37. The standard InChI is InChI=1S/C13H20F2N2O3S/c1-17(2)12(9-16-21(18,19)8-7-20-3)13-10(14)5-4-6-11(13)15/h4-6,12,16H,7-9H2,1-3H3/t12-/m0/s1. The molecule has 8 heteroatoms. The van der Waals surface area contributed by atoms with Crippen LogP contribution in [0.4, 0.5) is 8.78 Å². The van der Waals surface area contributed by atoms with Gasteiger partial charge in [0.15, 0.2) is 0 Å². The van der Waals surface area contributed by atoms with Gasteiger partial charge in [0.1, 0.15) is 11.6 Å². The van der Waals surface area contributed by atoms with Gasteiger partial charge in [-0.3, -0.25) is 0 Å². The summed E-state index contributed by atoms with van der Waals surface area (Å²) in [7, 11) is 1.09. The van der Waals surface area contributed by atoms with E-state index < -0.39 is 27.7 Å². The summed E-state index contributed by atoms with van der Waals surface area (Å²) in [5.74, 6) is -1.61. The molecular formula is C13H20F2N2O3S. The second-order valence-corrected chi connectivity index (χ2v) is 6.70. The minimum atomic E-state index is -3.55. The molecule has 1 atom stereocenters. The second kappa shape index (κ2) is 7.79. The molecule has 0 saturated carbocycles. The summed E-state index contributed by atoms with van der Waals surface area (Å²) in [5.41, 5.74) is -0.156. The molecule has 120 valence electrons. The van der Waals surface area contributed by atoms with Crippen LogP contribution in [0.2, 0.25) is 0 Å². The zero-order valence-electron chi connectivity index (χ0n) is 12.3. The molecule has 0 saturated heterocycles. The van der Waals surface area contributed by atoms with Gasteiger partial charge in [-0.25, -0.2) is 21.9 Å². The van der Waals surface area contributed by atoms with Crippen molar-refractivity contribution in [2.45, 2.75) is 6.04 Å². The van der Waals surface area contributed by atoms with Crippen molar-refractivity contribution >= 4 is 10.0 Å². The van der Waals surface area contributed by atoms with E-state index in [1.165, 1.54) is 13.2 Å². The van der Waals surface area contributed by atoms with E-state index >= 15 is 0 Å². The second-order valence-electron chi connectivity index (χ2n) is 4.77. The Hall–Kier alpha value is -1.09. The van der Waals surface area contributed by atoms with Crippen LogP contribution in [0.15, 0.2) is 18.2 Å². The van der Waals surface area contributed by atoms with E-state index in [9.17, 15) is 17.2 Å². The van der Waals surface area contributed by atoms with Crippen molar-refractivity contribution in [2.75, 3.05) is 40.1 Å². The molecule has 0 amide bonds. The summed E-state index contributed by atoms with van der Waals surface area (Å²) in [5, 5.41) is 0. The Morgan fingerprint density at radius 1 is 1.29 bits per heavy atom. The highest BCUT2D eigenvalue weighted by Crippen LogP contribution is 2.24. The highest BCUT2D eigenvalue weighted by atomic mass is 32.2. The molecule has 0 aliphatic carbocycles. The van der Waals surface area contributed by atoms with Crippen LogP contribution in [-0.2, 0) is 14.8 Å². The monoisotopic (exact) mass is 322 g/mol. The number of benzene rings is 1. The molecule has 0 heterocycles. The lowest BCUT2D eigenvalue weighted by atomic mass is 10.0. The van der Waals surface area contributed by atoms with E-state index in [1.54, 1.807) is 19.0 Å².